The zero-order chi connectivity index (χ0) is 24.0. The zero-order valence-electron chi connectivity index (χ0n) is 18.8. The van der Waals surface area contributed by atoms with Gasteiger partial charge in [0.1, 0.15) is 11.4 Å². The Morgan fingerprint density at radius 2 is 1.88 bits per heavy atom. The van der Waals surface area contributed by atoms with E-state index in [4.69, 9.17) is 13.8 Å². The second-order valence-electron chi connectivity index (χ2n) is 8.84. The van der Waals surface area contributed by atoms with Crippen LogP contribution in [-0.2, 0) is 16.1 Å². The van der Waals surface area contributed by atoms with Gasteiger partial charge in [0.25, 0.3) is 0 Å². The van der Waals surface area contributed by atoms with Gasteiger partial charge in [-0.05, 0) is 41.0 Å². The molecule has 3 aromatic rings. The van der Waals surface area contributed by atoms with Crippen LogP contribution in [0.15, 0.2) is 45.4 Å². The van der Waals surface area contributed by atoms with Gasteiger partial charge in [-0.1, -0.05) is 61.4 Å². The van der Waals surface area contributed by atoms with Gasteiger partial charge in [-0.2, -0.15) is 0 Å². The standard InChI is InChI=1S/C24H27IN2O6/c1-24(2,3)23(30)18-13-17(26-32-18)21-20(25)22(33-27-21)16(12-19(28)29)10-7-11-31-14-15-8-5-4-6-9-15/h4-6,8-9,13,16H,7,10-12,14H2,1-3H3,(H,28,29)/t16-/m0/s1. The van der Waals surface area contributed by atoms with Crippen molar-refractivity contribution in [1.29, 1.82) is 0 Å². The van der Waals surface area contributed by atoms with Gasteiger partial charge in [0.15, 0.2) is 5.76 Å². The number of carbonyl (C=O) groups is 2. The molecule has 0 fully saturated rings. The largest absolute Gasteiger partial charge is 0.481 e. The normalized spacial score (nSPS) is 12.6. The summed E-state index contributed by atoms with van der Waals surface area (Å²) in [5, 5.41) is 17.5. The number of aliphatic carboxylic acids is 1. The highest BCUT2D eigenvalue weighted by Crippen LogP contribution is 2.35. The number of hydrogen-bond donors (Lipinski definition) is 1. The molecule has 0 aliphatic heterocycles. The number of benzene rings is 1. The molecule has 3 rings (SSSR count). The summed E-state index contributed by atoms with van der Waals surface area (Å²) in [5.74, 6) is -0.811. The molecule has 0 radical (unpaired) electrons. The van der Waals surface area contributed by atoms with Crippen LogP contribution in [0.3, 0.4) is 0 Å². The Kier molecular flexibility index (Phi) is 8.41. The quantitative estimate of drug-likeness (QED) is 0.178. The molecule has 0 unspecified atom stereocenters. The predicted octanol–water partition coefficient (Wildman–Crippen LogP) is 5.72. The minimum absolute atomic E-state index is 0.0874. The molecule has 8 nitrogen and oxygen atoms in total. The summed E-state index contributed by atoms with van der Waals surface area (Å²) < 4.78 is 17.2. The first-order chi connectivity index (χ1) is 15.7. The lowest BCUT2D eigenvalue weighted by molar-refractivity contribution is -0.137. The highest BCUT2D eigenvalue weighted by atomic mass is 127. The lowest BCUT2D eigenvalue weighted by Gasteiger charge is -2.13. The summed E-state index contributed by atoms with van der Waals surface area (Å²) in [5.41, 5.74) is 1.29. The Bertz CT molecular complexity index is 1080. The molecule has 0 aliphatic carbocycles. The molecule has 0 saturated carbocycles. The Morgan fingerprint density at radius 1 is 1.15 bits per heavy atom. The molecule has 0 saturated heterocycles. The van der Waals surface area contributed by atoms with E-state index in [9.17, 15) is 14.7 Å². The van der Waals surface area contributed by atoms with E-state index in [-0.39, 0.29) is 23.9 Å². The van der Waals surface area contributed by atoms with E-state index in [1.165, 1.54) is 0 Å². The van der Waals surface area contributed by atoms with Crippen molar-refractivity contribution >= 4 is 34.3 Å². The maximum absolute atomic E-state index is 12.4. The zero-order valence-corrected chi connectivity index (χ0v) is 21.0. The molecule has 1 aromatic carbocycles. The van der Waals surface area contributed by atoms with Crippen LogP contribution in [0.25, 0.3) is 11.4 Å². The van der Waals surface area contributed by atoms with Crippen molar-refractivity contribution in [1.82, 2.24) is 10.3 Å². The number of carboxylic acids is 1. The van der Waals surface area contributed by atoms with Gasteiger partial charge >= 0.3 is 5.97 Å². The maximum atomic E-state index is 12.4. The molecule has 2 aromatic heterocycles. The fraction of sp³-hybridized carbons (Fsp3) is 0.417. The molecule has 2 heterocycles. The van der Waals surface area contributed by atoms with Crippen molar-refractivity contribution in [3.05, 3.63) is 57.1 Å². The van der Waals surface area contributed by atoms with Gasteiger partial charge in [0.2, 0.25) is 11.5 Å². The van der Waals surface area contributed by atoms with Gasteiger partial charge < -0.3 is 18.9 Å². The summed E-state index contributed by atoms with van der Waals surface area (Å²) in [6.07, 6.45) is 1.15. The minimum Gasteiger partial charge on any atom is -0.481 e. The smallest absolute Gasteiger partial charge is 0.304 e. The van der Waals surface area contributed by atoms with Crippen LogP contribution in [0.5, 0.6) is 0 Å². The lowest BCUT2D eigenvalue weighted by atomic mass is 9.89. The van der Waals surface area contributed by atoms with E-state index < -0.39 is 11.4 Å². The molecular formula is C24H27IN2O6. The number of aromatic nitrogens is 2. The van der Waals surface area contributed by atoms with E-state index in [1.54, 1.807) is 26.8 Å². The van der Waals surface area contributed by atoms with Crippen LogP contribution >= 0.6 is 22.6 Å². The molecule has 1 N–H and O–H groups in total. The first kappa shape index (κ1) is 25.1. The van der Waals surface area contributed by atoms with Crippen LogP contribution in [0.1, 0.15) is 67.8 Å². The van der Waals surface area contributed by atoms with E-state index in [2.05, 4.69) is 32.9 Å². The number of rotatable bonds is 11. The number of halogens is 1. The van der Waals surface area contributed by atoms with Gasteiger partial charge in [-0.3, -0.25) is 9.59 Å². The van der Waals surface area contributed by atoms with Crippen LogP contribution in [0.2, 0.25) is 0 Å². The van der Waals surface area contributed by atoms with Crippen molar-refractivity contribution in [2.24, 2.45) is 5.41 Å². The summed E-state index contributed by atoms with van der Waals surface area (Å²) in [6.45, 7) is 6.42. The van der Waals surface area contributed by atoms with Crippen LogP contribution in [-0.4, -0.2) is 33.8 Å². The number of ketones is 1. The van der Waals surface area contributed by atoms with Crippen molar-refractivity contribution < 1.29 is 28.5 Å². The number of nitrogens with zero attached hydrogens (tertiary/aromatic N) is 2. The maximum Gasteiger partial charge on any atom is 0.304 e. The SMILES string of the molecule is CC(C)(C)C(=O)c1cc(-c2noc([C@@H](CCCOCc3ccccc3)CC(=O)O)c2I)no1. The van der Waals surface area contributed by atoms with Gasteiger partial charge in [-0.15, -0.1) is 0 Å². The molecule has 0 amide bonds. The summed E-state index contributed by atoms with van der Waals surface area (Å²) in [4.78, 5) is 23.9. The molecule has 1 atom stereocenters. The van der Waals surface area contributed by atoms with Crippen molar-refractivity contribution in [3.8, 4) is 11.4 Å². The Morgan fingerprint density at radius 3 is 2.55 bits per heavy atom. The molecule has 0 spiro atoms. The van der Waals surface area contributed by atoms with Gasteiger partial charge in [0, 0.05) is 24.0 Å². The summed E-state index contributed by atoms with van der Waals surface area (Å²) >= 11 is 2.07. The van der Waals surface area contributed by atoms with Crippen molar-refractivity contribution in [3.63, 3.8) is 0 Å². The molecule has 9 heteroatoms. The highest BCUT2D eigenvalue weighted by Gasteiger charge is 2.30. The molecule has 0 bridgehead atoms. The molecular weight excluding hydrogens is 539 g/mol. The van der Waals surface area contributed by atoms with E-state index in [0.29, 0.717) is 46.8 Å². The van der Waals surface area contributed by atoms with Crippen LogP contribution in [0, 0.1) is 8.99 Å². The average Bonchev–Trinajstić information content (AvgIpc) is 3.38. The van der Waals surface area contributed by atoms with Crippen LogP contribution < -0.4 is 0 Å². The van der Waals surface area contributed by atoms with Gasteiger partial charge in [0.05, 0.1) is 16.6 Å². The number of Topliss-reactive ketones (excluding diaryl/α,β-unsaturated/α-hetero) is 1. The molecule has 176 valence electrons. The summed E-state index contributed by atoms with van der Waals surface area (Å²) in [6, 6.07) is 11.4. The number of carbonyl (C=O) groups excluding carboxylic acids is 1. The van der Waals surface area contributed by atoms with Crippen molar-refractivity contribution in [2.75, 3.05) is 6.61 Å². The first-order valence-corrected chi connectivity index (χ1v) is 11.7. The fourth-order valence-electron chi connectivity index (χ4n) is 3.30. The minimum atomic E-state index is -0.918. The van der Waals surface area contributed by atoms with E-state index in [1.807, 2.05) is 30.3 Å². The third kappa shape index (κ3) is 6.73. The van der Waals surface area contributed by atoms with E-state index >= 15 is 0 Å². The van der Waals surface area contributed by atoms with Crippen molar-refractivity contribution in [2.45, 2.75) is 52.6 Å². The fourth-order valence-corrected chi connectivity index (χ4v) is 4.21. The van der Waals surface area contributed by atoms with Gasteiger partial charge in [-0.25, -0.2) is 0 Å². The molecule has 0 aliphatic rings. The lowest BCUT2D eigenvalue weighted by Crippen LogP contribution is -2.19. The average molecular weight is 566 g/mol. The Hall–Kier alpha value is -2.53. The first-order valence-electron chi connectivity index (χ1n) is 10.7. The third-order valence-corrected chi connectivity index (χ3v) is 6.10. The highest BCUT2D eigenvalue weighted by molar-refractivity contribution is 14.1. The monoisotopic (exact) mass is 566 g/mol. The topological polar surface area (TPSA) is 116 Å². The van der Waals surface area contributed by atoms with Crippen LogP contribution in [0.4, 0.5) is 0 Å². The number of ether oxygens (including phenoxy) is 1. The second-order valence-corrected chi connectivity index (χ2v) is 9.92. The third-order valence-electron chi connectivity index (χ3n) is 5.06. The Labute approximate surface area is 205 Å². The van der Waals surface area contributed by atoms with E-state index in [0.717, 1.165) is 5.56 Å². The Balaban J connectivity index is 1.67. The summed E-state index contributed by atoms with van der Waals surface area (Å²) in [7, 11) is 0. The number of hydrogen-bond acceptors (Lipinski definition) is 7. The second kappa shape index (κ2) is 11.1. The predicted molar refractivity (Wildman–Crippen MR) is 129 cm³/mol. The number of carboxylic acid groups (broad SMARTS) is 1. The molecule has 33 heavy (non-hydrogen) atoms.